The van der Waals surface area contributed by atoms with Crippen molar-refractivity contribution in [2.45, 2.75) is 26.0 Å². The Balaban J connectivity index is 1.92. The van der Waals surface area contributed by atoms with Gasteiger partial charge in [0.25, 0.3) is 0 Å². The number of ether oxygens (including phenoxy) is 1. The lowest BCUT2D eigenvalue weighted by molar-refractivity contribution is 0.00195. The average Bonchev–Trinajstić information content (AvgIpc) is 2.23. The zero-order valence-electron chi connectivity index (χ0n) is 8.62. The molecule has 14 heavy (non-hydrogen) atoms. The maximum absolute atomic E-state index is 5.60. The van der Waals surface area contributed by atoms with Crippen LogP contribution in [-0.2, 0) is 11.2 Å². The lowest BCUT2D eigenvalue weighted by Crippen LogP contribution is -2.39. The van der Waals surface area contributed by atoms with Crippen LogP contribution in [0.5, 0.6) is 0 Å². The van der Waals surface area contributed by atoms with E-state index in [1.165, 1.54) is 11.1 Å². The van der Waals surface area contributed by atoms with Gasteiger partial charge in [-0.3, -0.25) is 5.32 Å². The van der Waals surface area contributed by atoms with Gasteiger partial charge in [-0.1, -0.05) is 29.8 Å². The standard InChI is InChI=1S/C12H17NO/c1-10-3-5-11(6-4-10)9-12-13-7-2-8-14-12/h3-6,12-13H,2,7-9H2,1H3. The van der Waals surface area contributed by atoms with E-state index in [0.29, 0.717) is 0 Å². The van der Waals surface area contributed by atoms with Crippen LogP contribution in [0.2, 0.25) is 0 Å². The Labute approximate surface area is 85.3 Å². The molecule has 1 unspecified atom stereocenters. The minimum Gasteiger partial charge on any atom is -0.363 e. The first-order chi connectivity index (χ1) is 6.84. The molecule has 2 heteroatoms. The summed E-state index contributed by atoms with van der Waals surface area (Å²) in [6.07, 6.45) is 2.32. The van der Waals surface area contributed by atoms with E-state index in [-0.39, 0.29) is 6.23 Å². The first-order valence-corrected chi connectivity index (χ1v) is 5.25. The summed E-state index contributed by atoms with van der Waals surface area (Å²) in [5.41, 5.74) is 2.65. The minimum atomic E-state index is 0.214. The topological polar surface area (TPSA) is 21.3 Å². The number of hydrogen-bond donors (Lipinski definition) is 1. The quantitative estimate of drug-likeness (QED) is 0.770. The predicted octanol–water partition coefficient (Wildman–Crippen LogP) is 1.87. The van der Waals surface area contributed by atoms with Crippen molar-refractivity contribution in [1.29, 1.82) is 0 Å². The third-order valence-electron chi connectivity index (χ3n) is 2.55. The maximum Gasteiger partial charge on any atom is 0.112 e. The van der Waals surface area contributed by atoms with Gasteiger partial charge in [-0.15, -0.1) is 0 Å². The molecule has 1 aliphatic rings. The minimum absolute atomic E-state index is 0.214. The molecule has 76 valence electrons. The highest BCUT2D eigenvalue weighted by Crippen LogP contribution is 2.08. The molecule has 0 aromatic heterocycles. The molecule has 0 amide bonds. The summed E-state index contributed by atoms with van der Waals surface area (Å²) in [5.74, 6) is 0. The van der Waals surface area contributed by atoms with Gasteiger partial charge < -0.3 is 4.74 Å². The molecule has 0 bridgehead atoms. The van der Waals surface area contributed by atoms with Gasteiger partial charge in [-0.2, -0.15) is 0 Å². The molecule has 1 N–H and O–H groups in total. The van der Waals surface area contributed by atoms with Gasteiger partial charge in [0.2, 0.25) is 0 Å². The van der Waals surface area contributed by atoms with Gasteiger partial charge in [0, 0.05) is 13.0 Å². The summed E-state index contributed by atoms with van der Waals surface area (Å²) < 4.78 is 5.60. The number of rotatable bonds is 2. The van der Waals surface area contributed by atoms with Gasteiger partial charge >= 0.3 is 0 Å². The zero-order valence-corrected chi connectivity index (χ0v) is 8.62. The number of hydrogen-bond acceptors (Lipinski definition) is 2. The second-order valence-electron chi connectivity index (χ2n) is 3.86. The largest absolute Gasteiger partial charge is 0.363 e. The maximum atomic E-state index is 5.60. The fourth-order valence-corrected chi connectivity index (χ4v) is 1.69. The molecule has 0 saturated carbocycles. The van der Waals surface area contributed by atoms with Crippen LogP contribution >= 0.6 is 0 Å². The van der Waals surface area contributed by atoms with E-state index in [2.05, 4.69) is 36.5 Å². The first-order valence-electron chi connectivity index (χ1n) is 5.25. The molecule has 1 aromatic carbocycles. The van der Waals surface area contributed by atoms with Gasteiger partial charge in [0.15, 0.2) is 0 Å². The Kier molecular flexibility index (Phi) is 3.17. The van der Waals surface area contributed by atoms with Crippen molar-refractivity contribution in [2.24, 2.45) is 0 Å². The van der Waals surface area contributed by atoms with E-state index < -0.39 is 0 Å². The van der Waals surface area contributed by atoms with Crippen LogP contribution in [0.3, 0.4) is 0 Å². The lowest BCUT2D eigenvalue weighted by atomic mass is 10.1. The summed E-state index contributed by atoms with van der Waals surface area (Å²) >= 11 is 0. The van der Waals surface area contributed by atoms with Crippen molar-refractivity contribution in [2.75, 3.05) is 13.2 Å². The van der Waals surface area contributed by atoms with Gasteiger partial charge in [0.05, 0.1) is 0 Å². The van der Waals surface area contributed by atoms with Gasteiger partial charge in [-0.05, 0) is 25.5 Å². The fraction of sp³-hybridized carbons (Fsp3) is 0.500. The molecule has 1 fully saturated rings. The Morgan fingerprint density at radius 1 is 1.36 bits per heavy atom. The molecule has 1 heterocycles. The summed E-state index contributed by atoms with van der Waals surface area (Å²) in [5, 5.41) is 3.36. The Bertz CT molecular complexity index is 275. The molecular formula is C12H17NO. The molecule has 1 aliphatic heterocycles. The smallest absolute Gasteiger partial charge is 0.112 e. The third-order valence-corrected chi connectivity index (χ3v) is 2.55. The first kappa shape index (κ1) is 9.69. The molecule has 0 spiro atoms. The normalized spacial score (nSPS) is 22.2. The fourth-order valence-electron chi connectivity index (χ4n) is 1.69. The van der Waals surface area contributed by atoms with E-state index in [4.69, 9.17) is 4.74 Å². The van der Waals surface area contributed by atoms with Crippen LogP contribution in [0.25, 0.3) is 0 Å². The van der Waals surface area contributed by atoms with Crippen molar-refractivity contribution in [3.05, 3.63) is 35.4 Å². The second-order valence-corrected chi connectivity index (χ2v) is 3.86. The van der Waals surface area contributed by atoms with E-state index in [1.807, 2.05) is 0 Å². The van der Waals surface area contributed by atoms with Crippen molar-refractivity contribution < 1.29 is 4.74 Å². The van der Waals surface area contributed by atoms with Gasteiger partial charge in [0.1, 0.15) is 6.23 Å². The summed E-state index contributed by atoms with van der Waals surface area (Å²) in [6, 6.07) is 8.65. The second kappa shape index (κ2) is 4.58. The van der Waals surface area contributed by atoms with Crippen molar-refractivity contribution >= 4 is 0 Å². The van der Waals surface area contributed by atoms with E-state index >= 15 is 0 Å². The van der Waals surface area contributed by atoms with Crippen LogP contribution in [0.1, 0.15) is 17.5 Å². The van der Waals surface area contributed by atoms with Crippen molar-refractivity contribution in [1.82, 2.24) is 5.32 Å². The number of aryl methyl sites for hydroxylation is 1. The zero-order chi connectivity index (χ0) is 9.80. The Morgan fingerprint density at radius 3 is 2.79 bits per heavy atom. The molecule has 0 radical (unpaired) electrons. The molecule has 1 saturated heterocycles. The Morgan fingerprint density at radius 2 is 2.14 bits per heavy atom. The molecule has 0 aliphatic carbocycles. The number of benzene rings is 1. The van der Waals surface area contributed by atoms with Crippen LogP contribution < -0.4 is 5.32 Å². The average molecular weight is 191 g/mol. The molecular weight excluding hydrogens is 174 g/mol. The number of nitrogens with one attached hydrogen (secondary N) is 1. The van der Waals surface area contributed by atoms with Gasteiger partial charge in [-0.25, -0.2) is 0 Å². The predicted molar refractivity (Wildman–Crippen MR) is 57.2 cm³/mol. The summed E-state index contributed by atoms with van der Waals surface area (Å²) in [7, 11) is 0. The van der Waals surface area contributed by atoms with E-state index in [0.717, 1.165) is 26.0 Å². The molecule has 2 rings (SSSR count). The van der Waals surface area contributed by atoms with E-state index in [9.17, 15) is 0 Å². The van der Waals surface area contributed by atoms with Crippen molar-refractivity contribution in [3.8, 4) is 0 Å². The highest BCUT2D eigenvalue weighted by Gasteiger charge is 2.12. The van der Waals surface area contributed by atoms with Crippen LogP contribution in [0.4, 0.5) is 0 Å². The molecule has 2 nitrogen and oxygen atoms in total. The highest BCUT2D eigenvalue weighted by molar-refractivity contribution is 5.21. The monoisotopic (exact) mass is 191 g/mol. The Hall–Kier alpha value is -0.860. The lowest BCUT2D eigenvalue weighted by Gasteiger charge is -2.24. The highest BCUT2D eigenvalue weighted by atomic mass is 16.5. The molecule has 1 atom stereocenters. The van der Waals surface area contributed by atoms with E-state index in [1.54, 1.807) is 0 Å². The molecule has 1 aromatic rings. The van der Waals surface area contributed by atoms with Crippen LogP contribution in [0, 0.1) is 6.92 Å². The third kappa shape index (κ3) is 2.56. The van der Waals surface area contributed by atoms with Crippen molar-refractivity contribution in [3.63, 3.8) is 0 Å². The summed E-state index contributed by atoms with van der Waals surface area (Å²) in [4.78, 5) is 0. The van der Waals surface area contributed by atoms with Crippen LogP contribution in [0.15, 0.2) is 24.3 Å². The SMILES string of the molecule is Cc1ccc(CC2NCCCO2)cc1. The summed E-state index contributed by atoms with van der Waals surface area (Å²) in [6.45, 7) is 4.08. The van der Waals surface area contributed by atoms with Crippen LogP contribution in [-0.4, -0.2) is 19.4 Å².